The Hall–Kier alpha value is -3.37. The molecule has 0 spiro atoms. The predicted molar refractivity (Wildman–Crippen MR) is 168 cm³/mol. The summed E-state index contributed by atoms with van der Waals surface area (Å²) in [6.45, 7) is 2.61. The van der Waals surface area contributed by atoms with Gasteiger partial charge in [-0.1, -0.05) is 67.1 Å². The third kappa shape index (κ3) is 10.4. The molecule has 9 heteroatoms. The van der Waals surface area contributed by atoms with Crippen molar-refractivity contribution in [2.45, 2.75) is 75.6 Å². The fraction of sp³-hybridized carbons (Fsp3) is 0.412. The highest BCUT2D eigenvalue weighted by atomic mass is 32.2. The molecule has 0 aliphatic carbocycles. The van der Waals surface area contributed by atoms with Crippen molar-refractivity contribution in [3.05, 3.63) is 95.1 Å². The van der Waals surface area contributed by atoms with Crippen molar-refractivity contribution in [2.24, 2.45) is 0 Å². The van der Waals surface area contributed by atoms with Crippen molar-refractivity contribution >= 4 is 23.6 Å². The van der Waals surface area contributed by atoms with Gasteiger partial charge in [0, 0.05) is 49.1 Å². The molecular formula is C34H42N2O6S. The molecule has 1 fully saturated rings. The summed E-state index contributed by atoms with van der Waals surface area (Å²) < 4.78 is 18.5. The lowest BCUT2D eigenvalue weighted by molar-refractivity contribution is -0.245. The van der Waals surface area contributed by atoms with Crippen LogP contribution < -0.4 is 15.4 Å². The number of aliphatic hydroxyl groups is 1. The second kappa shape index (κ2) is 17.1. The molecule has 1 saturated heterocycles. The molecular weight excluding hydrogens is 564 g/mol. The van der Waals surface area contributed by atoms with Crippen LogP contribution in [0.4, 0.5) is 0 Å². The summed E-state index contributed by atoms with van der Waals surface area (Å²) in [6.07, 6.45) is 2.97. The zero-order valence-electron chi connectivity index (χ0n) is 24.9. The van der Waals surface area contributed by atoms with Gasteiger partial charge < -0.3 is 30.0 Å². The van der Waals surface area contributed by atoms with Crippen LogP contribution in [0.2, 0.25) is 0 Å². The van der Waals surface area contributed by atoms with Gasteiger partial charge in [-0.15, -0.1) is 11.8 Å². The van der Waals surface area contributed by atoms with E-state index in [1.807, 2.05) is 66.7 Å². The lowest BCUT2D eigenvalue weighted by Crippen LogP contribution is -2.31. The summed E-state index contributed by atoms with van der Waals surface area (Å²) in [5, 5.41) is 15.2. The van der Waals surface area contributed by atoms with Crippen LogP contribution in [0.5, 0.6) is 5.75 Å². The number of aliphatic hydroxyl groups excluding tert-OH is 1. The minimum absolute atomic E-state index is 0.00243. The third-order valence-corrected chi connectivity index (χ3v) is 8.49. The topological polar surface area (TPSA) is 106 Å². The second-order valence-corrected chi connectivity index (χ2v) is 11.7. The number of para-hydroxylation sites is 1. The highest BCUT2D eigenvalue weighted by Crippen LogP contribution is 2.40. The SMILES string of the molecule is COc1ccccc1SCC1CC(c2ccc(CO)cc2)OC(c2ccc(CNC(=O)CCCCCNC(C)=O)cc2)O1. The molecule has 0 bridgehead atoms. The van der Waals surface area contributed by atoms with Crippen LogP contribution in [0, 0.1) is 0 Å². The number of thioether (sulfide) groups is 1. The largest absolute Gasteiger partial charge is 0.496 e. The summed E-state index contributed by atoms with van der Waals surface area (Å²) in [5.74, 6) is 1.58. The minimum atomic E-state index is -0.541. The van der Waals surface area contributed by atoms with Crippen molar-refractivity contribution in [3.8, 4) is 5.75 Å². The zero-order valence-corrected chi connectivity index (χ0v) is 25.7. The van der Waals surface area contributed by atoms with Crippen molar-refractivity contribution < 1.29 is 28.9 Å². The van der Waals surface area contributed by atoms with Crippen molar-refractivity contribution in [1.82, 2.24) is 10.6 Å². The van der Waals surface area contributed by atoms with Crippen molar-refractivity contribution in [2.75, 3.05) is 19.4 Å². The molecule has 3 aromatic carbocycles. The Morgan fingerprint density at radius 3 is 2.35 bits per heavy atom. The van der Waals surface area contributed by atoms with Crippen LogP contribution in [0.1, 0.15) is 73.7 Å². The van der Waals surface area contributed by atoms with Gasteiger partial charge in [-0.2, -0.15) is 0 Å². The molecule has 8 nitrogen and oxygen atoms in total. The monoisotopic (exact) mass is 606 g/mol. The fourth-order valence-corrected chi connectivity index (χ4v) is 5.93. The lowest BCUT2D eigenvalue weighted by Gasteiger charge is -2.36. The van der Waals surface area contributed by atoms with E-state index in [1.54, 1.807) is 18.9 Å². The lowest BCUT2D eigenvalue weighted by atomic mass is 10.0. The quantitative estimate of drug-likeness (QED) is 0.148. The predicted octanol–water partition coefficient (Wildman–Crippen LogP) is 5.84. The molecule has 3 unspecified atom stereocenters. The molecule has 4 rings (SSSR count). The van der Waals surface area contributed by atoms with E-state index in [0.717, 1.165) is 57.9 Å². The van der Waals surface area contributed by atoms with E-state index in [-0.39, 0.29) is 30.6 Å². The number of methoxy groups -OCH3 is 1. The number of rotatable bonds is 15. The zero-order chi connectivity index (χ0) is 30.4. The van der Waals surface area contributed by atoms with Gasteiger partial charge in [0.2, 0.25) is 11.8 Å². The van der Waals surface area contributed by atoms with Gasteiger partial charge in [-0.05, 0) is 41.7 Å². The van der Waals surface area contributed by atoms with E-state index in [9.17, 15) is 14.7 Å². The van der Waals surface area contributed by atoms with Gasteiger partial charge in [0.25, 0.3) is 0 Å². The summed E-state index contributed by atoms with van der Waals surface area (Å²) >= 11 is 1.71. The Balaban J connectivity index is 1.35. The number of carbonyl (C=O) groups is 2. The molecule has 0 aromatic heterocycles. The number of unbranched alkanes of at least 4 members (excludes halogenated alkanes) is 2. The smallest absolute Gasteiger partial charge is 0.220 e. The molecule has 1 heterocycles. The van der Waals surface area contributed by atoms with Crippen molar-refractivity contribution in [1.29, 1.82) is 0 Å². The molecule has 230 valence electrons. The number of nitrogens with one attached hydrogen (secondary N) is 2. The Morgan fingerprint density at radius 2 is 1.63 bits per heavy atom. The van der Waals surface area contributed by atoms with Gasteiger partial charge in [-0.25, -0.2) is 0 Å². The first-order valence-electron chi connectivity index (χ1n) is 14.8. The van der Waals surface area contributed by atoms with Crippen LogP contribution in [0.3, 0.4) is 0 Å². The molecule has 0 radical (unpaired) electrons. The summed E-state index contributed by atoms with van der Waals surface area (Å²) in [5.41, 5.74) is 3.82. The first-order valence-corrected chi connectivity index (χ1v) is 15.8. The van der Waals surface area contributed by atoms with Crippen LogP contribution >= 0.6 is 11.8 Å². The van der Waals surface area contributed by atoms with Crippen LogP contribution in [-0.2, 0) is 32.2 Å². The maximum atomic E-state index is 12.3. The Labute approximate surface area is 258 Å². The van der Waals surface area contributed by atoms with Gasteiger partial charge in [0.05, 0.1) is 25.9 Å². The molecule has 1 aliphatic heterocycles. The van der Waals surface area contributed by atoms with Gasteiger partial charge in [0.1, 0.15) is 5.75 Å². The first kappa shape index (κ1) is 32.5. The number of hydrogen-bond acceptors (Lipinski definition) is 7. The number of hydrogen-bond donors (Lipinski definition) is 3. The maximum Gasteiger partial charge on any atom is 0.220 e. The Morgan fingerprint density at radius 1 is 0.907 bits per heavy atom. The molecule has 43 heavy (non-hydrogen) atoms. The summed E-state index contributed by atoms with van der Waals surface area (Å²) in [4.78, 5) is 24.3. The molecule has 3 aromatic rings. The molecule has 3 atom stereocenters. The highest BCUT2D eigenvalue weighted by molar-refractivity contribution is 7.99. The molecule has 2 amide bonds. The number of benzene rings is 3. The minimum Gasteiger partial charge on any atom is -0.496 e. The van der Waals surface area contributed by atoms with Crippen LogP contribution in [0.15, 0.2) is 77.7 Å². The third-order valence-electron chi connectivity index (χ3n) is 7.30. The normalized spacial score (nSPS) is 18.2. The van der Waals surface area contributed by atoms with E-state index in [1.165, 1.54) is 6.92 Å². The molecule has 0 saturated carbocycles. The van der Waals surface area contributed by atoms with Gasteiger partial charge in [0.15, 0.2) is 6.29 Å². The Bertz CT molecular complexity index is 1300. The number of ether oxygens (including phenoxy) is 3. The van der Waals surface area contributed by atoms with E-state index < -0.39 is 6.29 Å². The molecule has 3 N–H and O–H groups in total. The van der Waals surface area contributed by atoms with Crippen molar-refractivity contribution in [3.63, 3.8) is 0 Å². The van der Waals surface area contributed by atoms with Gasteiger partial charge in [-0.3, -0.25) is 9.59 Å². The van der Waals surface area contributed by atoms with E-state index in [2.05, 4.69) is 16.7 Å². The van der Waals surface area contributed by atoms with E-state index in [4.69, 9.17) is 14.2 Å². The highest BCUT2D eigenvalue weighted by Gasteiger charge is 2.32. The average Bonchev–Trinajstić information content (AvgIpc) is 3.04. The van der Waals surface area contributed by atoms with Crippen LogP contribution in [-0.4, -0.2) is 42.4 Å². The van der Waals surface area contributed by atoms with E-state index in [0.29, 0.717) is 25.9 Å². The number of carbonyl (C=O) groups excluding carboxylic acids is 2. The Kier molecular flexibility index (Phi) is 12.9. The average molecular weight is 607 g/mol. The maximum absolute atomic E-state index is 12.3. The fourth-order valence-electron chi connectivity index (χ4n) is 4.88. The first-order chi connectivity index (χ1) is 20.9. The number of amides is 2. The standard InChI is InChI=1S/C34H42N2O6S/c1-24(38)35-19-7-3-4-10-33(39)36-21-25-11-17-28(18-12-25)34-41-29(23-43-32-9-6-5-8-30(32)40-2)20-31(42-34)27-15-13-26(22-37)14-16-27/h5-6,8-9,11-18,29,31,34,37H,3-4,7,10,19-23H2,1-2H3,(H,35,38)(H,36,39). The van der Waals surface area contributed by atoms with E-state index >= 15 is 0 Å². The van der Waals surface area contributed by atoms with Crippen LogP contribution in [0.25, 0.3) is 0 Å². The van der Waals surface area contributed by atoms with Gasteiger partial charge >= 0.3 is 0 Å². The summed E-state index contributed by atoms with van der Waals surface area (Å²) in [7, 11) is 1.68. The second-order valence-electron chi connectivity index (χ2n) is 10.6. The summed E-state index contributed by atoms with van der Waals surface area (Å²) in [6, 6.07) is 23.8. The molecule has 1 aliphatic rings.